The molecule has 1 aromatic heterocycles. The van der Waals surface area contributed by atoms with Crippen molar-refractivity contribution in [1.29, 1.82) is 0 Å². The van der Waals surface area contributed by atoms with Crippen LogP contribution < -0.4 is 5.82 Å². The van der Waals surface area contributed by atoms with Gasteiger partial charge >= 0.3 is 17.8 Å². The van der Waals surface area contributed by atoms with E-state index in [0.29, 0.717) is 38.5 Å². The van der Waals surface area contributed by atoms with Gasteiger partial charge in [0.05, 0.1) is 10.8 Å². The lowest BCUT2D eigenvalue weighted by atomic mass is 9.33. The van der Waals surface area contributed by atoms with E-state index in [0.717, 1.165) is 36.0 Å². The fourth-order valence-corrected chi connectivity index (χ4v) is 14.7. The molecule has 5 aliphatic carbocycles. The van der Waals surface area contributed by atoms with E-state index in [9.17, 15) is 23.2 Å². The number of ether oxygens (including phenoxy) is 2. The van der Waals surface area contributed by atoms with Gasteiger partial charge in [0, 0.05) is 37.9 Å². The normalized spacial score (nSPS) is 38.2. The lowest BCUT2D eigenvalue weighted by molar-refractivity contribution is -0.215. The standard InChI is InChI=1S/C53H65F2NO8/c1-33-39(63-46(60)62-33)32-61-45(59)52(7)40-18-21-51(6)43(49(40,4)20-19-41(52)56-28-26-53(54,55)27-29-56)38(57)30-36-37-31-48(3,23-22-47(37,2)24-25-50(36,51)5)44(58)64-42(34-14-10-8-11-15-34)35-16-12-9-13-17-35/h8-17,30,37,40-43H,18-29,31-32H2,1-7H3/t37-,40+,41-,43+,47+,48-,49-,50+,51+,52-/m0/s1. The van der Waals surface area contributed by atoms with Crippen LogP contribution >= 0.6 is 0 Å². The van der Waals surface area contributed by atoms with Crippen LogP contribution in [0, 0.1) is 57.2 Å². The molecule has 2 aromatic carbocycles. The number of piperidine rings is 1. The molecule has 0 unspecified atom stereocenters. The Morgan fingerprint density at radius 1 is 0.781 bits per heavy atom. The summed E-state index contributed by atoms with van der Waals surface area (Å²) in [7, 11) is 0. The number of carbonyl (C=O) groups excluding carboxylic acids is 3. The quantitative estimate of drug-likeness (QED) is 0.204. The van der Waals surface area contributed by atoms with Crippen LogP contribution in [-0.4, -0.2) is 47.7 Å². The molecule has 0 amide bonds. The Labute approximate surface area is 375 Å². The molecular weight excluding hydrogens is 817 g/mol. The van der Waals surface area contributed by atoms with Crippen molar-refractivity contribution < 1.29 is 41.5 Å². The van der Waals surface area contributed by atoms with Crippen molar-refractivity contribution in [3.8, 4) is 0 Å². The highest BCUT2D eigenvalue weighted by Crippen LogP contribution is 2.75. The third-order valence-corrected chi connectivity index (χ3v) is 18.7. The fraction of sp³-hybridized carbons (Fsp3) is 0.623. The van der Waals surface area contributed by atoms with Gasteiger partial charge in [-0.1, -0.05) is 93.9 Å². The molecule has 4 saturated carbocycles. The minimum absolute atomic E-state index is 0.00339. The molecule has 10 atom stereocenters. The van der Waals surface area contributed by atoms with Crippen molar-refractivity contribution in [1.82, 2.24) is 4.90 Å². The number of rotatable bonds is 8. The van der Waals surface area contributed by atoms with E-state index in [4.69, 9.17) is 18.3 Å². The number of allylic oxidation sites excluding steroid dienone is 2. The van der Waals surface area contributed by atoms with Crippen LogP contribution in [-0.2, 0) is 30.5 Å². The molecule has 0 spiro atoms. The van der Waals surface area contributed by atoms with Crippen molar-refractivity contribution >= 4 is 17.7 Å². The molecule has 9 rings (SSSR count). The van der Waals surface area contributed by atoms with Crippen LogP contribution in [0.3, 0.4) is 0 Å². The van der Waals surface area contributed by atoms with E-state index < -0.39 is 51.4 Å². The SMILES string of the molecule is Cc1oc(=O)oc1COC(=O)[C@]1(C)[C@@H](N2CCC(F)(F)CC2)CC[C@@]2(C)[C@H]1CC[C@]1(C)[C@@H]2C(=O)C=C2[C@@H]3C[C@@](C)(C(=O)OC(c4ccccc4)c4ccccc4)CC[C@]3(C)CC[C@]21C. The van der Waals surface area contributed by atoms with Gasteiger partial charge in [0.15, 0.2) is 30.0 Å². The van der Waals surface area contributed by atoms with E-state index in [2.05, 4.69) is 39.5 Å². The van der Waals surface area contributed by atoms with Crippen molar-refractivity contribution in [2.24, 2.45) is 50.2 Å². The molecule has 1 saturated heterocycles. The number of nitrogens with zero attached hydrogens (tertiary/aromatic N) is 1. The summed E-state index contributed by atoms with van der Waals surface area (Å²) in [6, 6.07) is 19.4. The van der Waals surface area contributed by atoms with Gasteiger partial charge in [-0.3, -0.25) is 19.3 Å². The molecule has 0 N–H and O–H groups in total. The zero-order valence-electron chi connectivity index (χ0n) is 38.6. The van der Waals surface area contributed by atoms with Gasteiger partial charge < -0.3 is 18.3 Å². The second kappa shape index (κ2) is 15.6. The number of esters is 2. The number of hydrogen-bond donors (Lipinski definition) is 0. The first-order valence-electron chi connectivity index (χ1n) is 23.6. The van der Waals surface area contributed by atoms with Crippen molar-refractivity contribution in [3.05, 3.63) is 106 Å². The van der Waals surface area contributed by atoms with E-state index >= 15 is 4.79 Å². The smallest absolute Gasteiger partial charge is 0.457 e. The summed E-state index contributed by atoms with van der Waals surface area (Å²) in [5.41, 5.74) is -0.456. The largest absolute Gasteiger partial charge is 0.519 e. The first-order chi connectivity index (χ1) is 30.2. The van der Waals surface area contributed by atoms with Gasteiger partial charge in [0.1, 0.15) is 0 Å². The number of alkyl halides is 2. The van der Waals surface area contributed by atoms with Crippen molar-refractivity contribution in [3.63, 3.8) is 0 Å². The van der Waals surface area contributed by atoms with Crippen LogP contribution in [0.25, 0.3) is 0 Å². The maximum absolute atomic E-state index is 15.4. The fourth-order valence-electron chi connectivity index (χ4n) is 14.7. The number of benzene rings is 2. The summed E-state index contributed by atoms with van der Waals surface area (Å²) >= 11 is 0. The number of carbonyl (C=O) groups is 3. The van der Waals surface area contributed by atoms with E-state index in [1.807, 2.05) is 73.7 Å². The molecule has 6 aliphatic rings. The number of halogens is 2. The van der Waals surface area contributed by atoms with Crippen LogP contribution in [0.15, 0.2) is 85.9 Å². The molecular formula is C53H65F2NO8. The first kappa shape index (κ1) is 44.8. The summed E-state index contributed by atoms with van der Waals surface area (Å²) in [4.78, 5) is 58.8. The summed E-state index contributed by atoms with van der Waals surface area (Å²) in [5.74, 6) is -4.60. The molecule has 9 nitrogen and oxygen atoms in total. The predicted octanol–water partition coefficient (Wildman–Crippen LogP) is 11.0. The van der Waals surface area contributed by atoms with Gasteiger partial charge in [-0.2, -0.15) is 0 Å². The number of ketones is 1. The molecule has 0 radical (unpaired) electrons. The molecule has 5 fully saturated rings. The minimum Gasteiger partial charge on any atom is -0.457 e. The number of fused-ring (bicyclic) bond motifs is 7. The Bertz CT molecular complexity index is 2340. The molecule has 344 valence electrons. The second-order valence-corrected chi connectivity index (χ2v) is 22.1. The highest BCUT2D eigenvalue weighted by molar-refractivity contribution is 5.96. The Balaban J connectivity index is 1.04. The third-order valence-electron chi connectivity index (χ3n) is 18.7. The summed E-state index contributed by atoms with van der Waals surface area (Å²) in [5, 5.41) is 0. The van der Waals surface area contributed by atoms with Crippen molar-refractivity contribution in [2.75, 3.05) is 13.1 Å². The molecule has 3 aromatic rings. The van der Waals surface area contributed by atoms with E-state index in [1.54, 1.807) is 6.92 Å². The minimum atomic E-state index is -2.76. The van der Waals surface area contributed by atoms with Gasteiger partial charge in [-0.15, -0.1) is 0 Å². The summed E-state index contributed by atoms with van der Waals surface area (Å²) < 4.78 is 52.0. The Kier molecular flexibility index (Phi) is 10.9. The zero-order valence-corrected chi connectivity index (χ0v) is 38.6. The summed E-state index contributed by atoms with van der Waals surface area (Å²) in [6.07, 6.45) is 7.43. The van der Waals surface area contributed by atoms with Crippen LogP contribution in [0.2, 0.25) is 0 Å². The maximum atomic E-state index is 15.4. The Hall–Kier alpha value is -4.38. The van der Waals surface area contributed by atoms with Gasteiger partial charge in [-0.25, -0.2) is 13.6 Å². The number of hydrogen-bond acceptors (Lipinski definition) is 9. The monoisotopic (exact) mass is 881 g/mol. The maximum Gasteiger partial charge on any atom is 0.519 e. The predicted molar refractivity (Wildman–Crippen MR) is 236 cm³/mol. The first-order valence-corrected chi connectivity index (χ1v) is 23.6. The molecule has 2 heterocycles. The van der Waals surface area contributed by atoms with Crippen molar-refractivity contribution in [2.45, 2.75) is 144 Å². The molecule has 64 heavy (non-hydrogen) atoms. The number of likely N-dealkylation sites (tertiary alicyclic amines) is 1. The average Bonchev–Trinajstić information content (AvgIpc) is 3.59. The van der Waals surface area contributed by atoms with Gasteiger partial charge in [0.2, 0.25) is 0 Å². The van der Waals surface area contributed by atoms with E-state index in [-0.39, 0.29) is 84.5 Å². The van der Waals surface area contributed by atoms with Crippen LogP contribution in [0.1, 0.15) is 141 Å². The average molecular weight is 882 g/mol. The Morgan fingerprint density at radius 3 is 2.02 bits per heavy atom. The topological polar surface area (TPSA) is 116 Å². The molecule has 11 heteroatoms. The molecule has 1 aliphatic heterocycles. The number of aryl methyl sites for hydroxylation is 1. The highest BCUT2D eigenvalue weighted by Gasteiger charge is 2.72. The van der Waals surface area contributed by atoms with E-state index in [1.165, 1.54) is 0 Å². The highest BCUT2D eigenvalue weighted by atomic mass is 19.3. The van der Waals surface area contributed by atoms with Crippen LogP contribution in [0.4, 0.5) is 8.78 Å². The third kappa shape index (κ3) is 6.98. The van der Waals surface area contributed by atoms with Crippen LogP contribution in [0.5, 0.6) is 0 Å². The van der Waals surface area contributed by atoms with Gasteiger partial charge in [0.25, 0.3) is 5.92 Å². The molecule has 0 bridgehead atoms. The van der Waals surface area contributed by atoms with Gasteiger partial charge in [-0.05, 0) is 129 Å². The second-order valence-electron chi connectivity index (χ2n) is 22.1. The zero-order chi connectivity index (χ0) is 45.7. The lowest BCUT2D eigenvalue weighted by Gasteiger charge is -2.71. The summed E-state index contributed by atoms with van der Waals surface area (Å²) in [6.45, 7) is 14.8. The lowest BCUT2D eigenvalue weighted by Crippen LogP contribution is -2.70. The Morgan fingerprint density at radius 2 is 1.41 bits per heavy atom.